The van der Waals surface area contributed by atoms with E-state index in [1.807, 2.05) is 36.2 Å². The van der Waals surface area contributed by atoms with E-state index in [9.17, 15) is 0 Å². The third kappa shape index (κ3) is 1.47. The second-order valence-electron chi connectivity index (χ2n) is 3.28. The number of fused-ring (bicyclic) bond motifs is 1. The van der Waals surface area contributed by atoms with E-state index in [4.69, 9.17) is 22.7 Å². The third-order valence-electron chi connectivity index (χ3n) is 2.29. The molecule has 0 amide bonds. The van der Waals surface area contributed by atoms with Crippen LogP contribution in [0.5, 0.6) is 5.75 Å². The summed E-state index contributed by atoms with van der Waals surface area (Å²) in [5.41, 5.74) is 6.82. The molecule has 0 saturated carbocycles. The number of thiocarbonyl (C=S) groups is 1. The normalized spacial score (nSPS) is 21.1. The van der Waals surface area contributed by atoms with Crippen LogP contribution in [0.2, 0.25) is 0 Å². The molecule has 14 heavy (non-hydrogen) atoms. The van der Waals surface area contributed by atoms with Crippen LogP contribution >= 0.6 is 12.2 Å². The quantitative estimate of drug-likeness (QED) is 0.650. The van der Waals surface area contributed by atoms with E-state index >= 15 is 0 Å². The fraction of sp³-hybridized carbons (Fsp3) is 0.300. The van der Waals surface area contributed by atoms with Gasteiger partial charge in [-0.2, -0.15) is 0 Å². The molecule has 3 nitrogen and oxygen atoms in total. The molecule has 1 atom stereocenters. The fourth-order valence-corrected chi connectivity index (χ4v) is 1.64. The summed E-state index contributed by atoms with van der Waals surface area (Å²) >= 11 is 5.23. The smallest absolute Gasteiger partial charge is 0.143 e. The number of hydrogen-bond acceptors (Lipinski definition) is 3. The summed E-state index contributed by atoms with van der Waals surface area (Å²) in [7, 11) is 1.91. The lowest BCUT2D eigenvalue weighted by Gasteiger charge is -2.20. The first-order valence-electron chi connectivity index (χ1n) is 4.45. The van der Waals surface area contributed by atoms with Gasteiger partial charge in [-0.05, 0) is 12.1 Å². The van der Waals surface area contributed by atoms with Crippen molar-refractivity contribution in [2.45, 2.75) is 6.04 Å². The standard InChI is InChI=1S/C10H12N2OS/c1-12-8-4-2-3-5-9(8)13-6-7(11)10(12)14/h2-5,7H,6,11H2,1H3/t7-/m0/s1. The van der Waals surface area contributed by atoms with Crippen molar-refractivity contribution in [1.29, 1.82) is 0 Å². The van der Waals surface area contributed by atoms with Crippen molar-refractivity contribution in [3.05, 3.63) is 24.3 Å². The van der Waals surface area contributed by atoms with E-state index < -0.39 is 0 Å². The molecule has 74 valence electrons. The first-order chi connectivity index (χ1) is 6.70. The molecule has 1 aliphatic heterocycles. The highest BCUT2D eigenvalue weighted by Crippen LogP contribution is 2.29. The lowest BCUT2D eigenvalue weighted by molar-refractivity contribution is 0.318. The Morgan fingerprint density at radius 1 is 1.50 bits per heavy atom. The van der Waals surface area contributed by atoms with Crippen LogP contribution in [0.25, 0.3) is 0 Å². The van der Waals surface area contributed by atoms with E-state index in [-0.39, 0.29) is 6.04 Å². The Balaban J connectivity index is 2.45. The number of nitrogens with two attached hydrogens (primary N) is 1. The highest BCUT2D eigenvalue weighted by Gasteiger charge is 2.22. The van der Waals surface area contributed by atoms with Gasteiger partial charge in [0.05, 0.1) is 11.7 Å². The van der Waals surface area contributed by atoms with E-state index in [1.165, 1.54) is 0 Å². The molecular weight excluding hydrogens is 196 g/mol. The van der Waals surface area contributed by atoms with Gasteiger partial charge in [-0.25, -0.2) is 0 Å². The summed E-state index contributed by atoms with van der Waals surface area (Å²) < 4.78 is 5.55. The van der Waals surface area contributed by atoms with Crippen LogP contribution in [0.3, 0.4) is 0 Å². The molecule has 4 heteroatoms. The van der Waals surface area contributed by atoms with Gasteiger partial charge in [-0.1, -0.05) is 24.4 Å². The van der Waals surface area contributed by atoms with Gasteiger partial charge in [0.1, 0.15) is 17.3 Å². The van der Waals surface area contributed by atoms with Gasteiger partial charge in [0.25, 0.3) is 0 Å². The minimum Gasteiger partial charge on any atom is -0.489 e. The number of benzene rings is 1. The highest BCUT2D eigenvalue weighted by molar-refractivity contribution is 7.80. The summed E-state index contributed by atoms with van der Waals surface area (Å²) in [5.74, 6) is 0.838. The van der Waals surface area contributed by atoms with E-state index in [2.05, 4.69) is 0 Å². The second kappa shape index (κ2) is 3.55. The minimum absolute atomic E-state index is 0.206. The van der Waals surface area contributed by atoms with Crippen molar-refractivity contribution in [2.75, 3.05) is 18.6 Å². The fourth-order valence-electron chi connectivity index (χ4n) is 1.47. The molecule has 0 unspecified atom stereocenters. The van der Waals surface area contributed by atoms with Crippen molar-refractivity contribution >= 4 is 22.9 Å². The maximum Gasteiger partial charge on any atom is 0.143 e. The van der Waals surface area contributed by atoms with Crippen molar-refractivity contribution in [1.82, 2.24) is 0 Å². The van der Waals surface area contributed by atoms with Gasteiger partial charge in [0.2, 0.25) is 0 Å². The van der Waals surface area contributed by atoms with Crippen LogP contribution in [0, 0.1) is 0 Å². The summed E-state index contributed by atoms with van der Waals surface area (Å²) in [6, 6.07) is 7.58. The molecule has 2 N–H and O–H groups in total. The number of nitrogens with zero attached hydrogens (tertiary/aromatic N) is 1. The molecule has 0 radical (unpaired) electrons. The van der Waals surface area contributed by atoms with Crippen molar-refractivity contribution < 1.29 is 4.74 Å². The lowest BCUT2D eigenvalue weighted by atomic mass is 10.2. The molecule has 1 aliphatic rings. The minimum atomic E-state index is -0.206. The van der Waals surface area contributed by atoms with Crippen molar-refractivity contribution in [2.24, 2.45) is 5.73 Å². The number of hydrogen-bond donors (Lipinski definition) is 1. The molecular formula is C10H12N2OS. The van der Waals surface area contributed by atoms with Crippen LogP contribution in [0.4, 0.5) is 5.69 Å². The zero-order valence-electron chi connectivity index (χ0n) is 7.93. The molecule has 0 aliphatic carbocycles. The Labute approximate surface area is 88.5 Å². The van der Waals surface area contributed by atoms with Crippen LogP contribution < -0.4 is 15.4 Å². The maximum absolute atomic E-state index is 5.84. The number of para-hydroxylation sites is 2. The summed E-state index contributed by atoms with van der Waals surface area (Å²) in [4.78, 5) is 2.62. The van der Waals surface area contributed by atoms with Crippen LogP contribution in [-0.4, -0.2) is 24.7 Å². The third-order valence-corrected chi connectivity index (χ3v) is 2.87. The van der Waals surface area contributed by atoms with Gasteiger partial charge in [0, 0.05) is 7.05 Å². The molecule has 1 heterocycles. The van der Waals surface area contributed by atoms with Gasteiger partial charge in [0.15, 0.2) is 0 Å². The van der Waals surface area contributed by atoms with E-state index in [0.29, 0.717) is 6.61 Å². The Bertz CT molecular complexity index is 367. The molecule has 0 spiro atoms. The van der Waals surface area contributed by atoms with Crippen LogP contribution in [0.15, 0.2) is 24.3 Å². The molecule has 0 aromatic heterocycles. The highest BCUT2D eigenvalue weighted by atomic mass is 32.1. The maximum atomic E-state index is 5.84. The average molecular weight is 208 g/mol. The van der Waals surface area contributed by atoms with E-state index in [1.54, 1.807) is 0 Å². The summed E-state index contributed by atoms with van der Waals surface area (Å²) in [5, 5.41) is 0. The number of anilines is 1. The summed E-state index contributed by atoms with van der Waals surface area (Å²) in [6.07, 6.45) is 0. The monoisotopic (exact) mass is 208 g/mol. The molecule has 0 fully saturated rings. The van der Waals surface area contributed by atoms with Gasteiger partial charge in [-0.15, -0.1) is 0 Å². The topological polar surface area (TPSA) is 38.5 Å². The van der Waals surface area contributed by atoms with Gasteiger partial charge >= 0.3 is 0 Å². The van der Waals surface area contributed by atoms with Gasteiger partial charge < -0.3 is 15.4 Å². The molecule has 1 aromatic rings. The largest absolute Gasteiger partial charge is 0.489 e. The predicted octanol–water partition coefficient (Wildman–Crippen LogP) is 1.17. The Morgan fingerprint density at radius 3 is 3.00 bits per heavy atom. The lowest BCUT2D eigenvalue weighted by Crippen LogP contribution is -2.42. The summed E-state index contributed by atoms with van der Waals surface area (Å²) in [6.45, 7) is 0.445. The SMILES string of the molecule is CN1C(=S)[C@@H](N)COc2ccccc21. The number of ether oxygens (including phenoxy) is 1. The molecule has 1 aromatic carbocycles. The Hall–Kier alpha value is -1.13. The molecule has 0 saturated heterocycles. The Morgan fingerprint density at radius 2 is 2.21 bits per heavy atom. The average Bonchev–Trinajstić information content (AvgIpc) is 2.32. The van der Waals surface area contributed by atoms with E-state index in [0.717, 1.165) is 16.4 Å². The predicted molar refractivity (Wildman–Crippen MR) is 60.9 cm³/mol. The number of rotatable bonds is 0. The molecule has 0 bridgehead atoms. The van der Waals surface area contributed by atoms with Crippen molar-refractivity contribution in [3.63, 3.8) is 0 Å². The first-order valence-corrected chi connectivity index (χ1v) is 4.86. The first kappa shape index (κ1) is 9.43. The van der Waals surface area contributed by atoms with Crippen LogP contribution in [0.1, 0.15) is 0 Å². The van der Waals surface area contributed by atoms with Crippen LogP contribution in [-0.2, 0) is 0 Å². The molecule has 2 rings (SSSR count). The Kier molecular flexibility index (Phi) is 2.39. The number of likely N-dealkylation sites (N-methyl/N-ethyl adjacent to an activating group) is 1. The van der Waals surface area contributed by atoms with Crippen molar-refractivity contribution in [3.8, 4) is 5.75 Å². The zero-order valence-corrected chi connectivity index (χ0v) is 8.75. The zero-order chi connectivity index (χ0) is 10.1. The van der Waals surface area contributed by atoms with Gasteiger partial charge in [-0.3, -0.25) is 0 Å². The second-order valence-corrected chi connectivity index (χ2v) is 3.70.